The summed E-state index contributed by atoms with van der Waals surface area (Å²) in [7, 11) is -0.348. The molecule has 1 nitrogen and oxygen atoms in total. The number of hydrogen-bond acceptors (Lipinski definition) is 1. The second-order valence-corrected chi connectivity index (χ2v) is 19.0. The third-order valence-electron chi connectivity index (χ3n) is 3.36. The summed E-state index contributed by atoms with van der Waals surface area (Å²) in [6.07, 6.45) is 5.13. The molecule has 0 heterocycles. The predicted octanol–water partition coefficient (Wildman–Crippen LogP) is 4.41. The third-order valence-corrected chi connectivity index (χ3v) is 10.9. The van der Waals surface area contributed by atoms with Crippen molar-refractivity contribution in [2.75, 3.05) is 6.54 Å². The molecule has 0 saturated heterocycles. The van der Waals surface area contributed by atoms with Gasteiger partial charge in [0.1, 0.15) is 19.4 Å². The molecule has 0 radical (unpaired) electrons. The maximum Gasteiger partial charge on any atom is 0.248 e. The molecule has 0 saturated carbocycles. The van der Waals surface area contributed by atoms with E-state index in [2.05, 4.69) is 43.3 Å². The monoisotopic (exact) mass is 381 g/mol. The fourth-order valence-corrected chi connectivity index (χ4v) is 7.11. The molecule has 0 N–H and O–H groups in total. The Hall–Kier alpha value is 0.671. The van der Waals surface area contributed by atoms with Crippen LogP contribution in [0, 0.1) is 0 Å². The quantitative estimate of drug-likeness (QED) is 0.291. The normalized spacial score (nSPS) is 12.8. The second-order valence-electron chi connectivity index (χ2n) is 6.56. The first kappa shape index (κ1) is 21.7. The highest BCUT2D eigenvalue weighted by Crippen LogP contribution is 2.23. The van der Waals surface area contributed by atoms with Gasteiger partial charge in [0.05, 0.1) is 0 Å². The van der Waals surface area contributed by atoms with Crippen LogP contribution in [0.25, 0.3) is 0 Å². The van der Waals surface area contributed by atoms with Gasteiger partial charge in [0, 0.05) is 0 Å². The molecule has 21 heavy (non-hydrogen) atoms. The van der Waals surface area contributed by atoms with Crippen molar-refractivity contribution < 1.29 is 0 Å². The fraction of sp³-hybridized carbons (Fsp3) is 0.733. The lowest BCUT2D eigenvalue weighted by Crippen LogP contribution is -2.31. The zero-order valence-corrected chi connectivity index (χ0v) is 19.9. The molecule has 0 aromatic carbocycles. The second kappa shape index (κ2) is 12.1. The van der Waals surface area contributed by atoms with Crippen molar-refractivity contribution in [1.82, 2.24) is 4.23 Å². The number of halogens is 2. The van der Waals surface area contributed by atoms with E-state index in [0.29, 0.717) is 0 Å². The van der Waals surface area contributed by atoms with Crippen LogP contribution in [0.15, 0.2) is 22.5 Å². The fourth-order valence-electron chi connectivity index (χ4n) is 2.00. The predicted molar refractivity (Wildman–Crippen MR) is 109 cm³/mol. The van der Waals surface area contributed by atoms with E-state index < -0.39 is 6.69 Å². The van der Waals surface area contributed by atoms with Crippen molar-refractivity contribution in [3.8, 4) is 0 Å². The Kier molecular flexibility index (Phi) is 12.5. The largest absolute Gasteiger partial charge is 0.349 e. The average molecular weight is 383 g/mol. The molecule has 0 aromatic rings. The summed E-state index contributed by atoms with van der Waals surface area (Å²) < 4.78 is 2.79. The molecular weight excluding hydrogens is 349 g/mol. The summed E-state index contributed by atoms with van der Waals surface area (Å²) >= 11 is 12.3. The molecule has 0 amide bonds. The summed E-state index contributed by atoms with van der Waals surface area (Å²) in [5, 5.41) is 0. The standard InChI is InChI=1S/C15H33Cl2NSi3/c1-14(2)12-19-18(20-13-15(3)4)10-8-6-7-9-11-21(5,16)17/h12-13H,6-11,19-20H2,1-5H3. The maximum atomic E-state index is 6.13. The maximum absolute atomic E-state index is 6.13. The van der Waals surface area contributed by atoms with E-state index in [-0.39, 0.29) is 19.4 Å². The van der Waals surface area contributed by atoms with Crippen LogP contribution >= 0.6 is 22.2 Å². The van der Waals surface area contributed by atoms with Gasteiger partial charge in [-0.2, -0.15) is 0 Å². The van der Waals surface area contributed by atoms with Crippen molar-refractivity contribution in [2.45, 2.75) is 66.0 Å². The van der Waals surface area contributed by atoms with Crippen LogP contribution < -0.4 is 0 Å². The first-order valence-electron chi connectivity index (χ1n) is 8.07. The molecule has 6 heteroatoms. The van der Waals surface area contributed by atoms with Gasteiger partial charge in [0.15, 0.2) is 0 Å². The van der Waals surface area contributed by atoms with Gasteiger partial charge in [0.25, 0.3) is 0 Å². The molecule has 0 spiro atoms. The van der Waals surface area contributed by atoms with E-state index >= 15 is 0 Å². The SMILES string of the molecule is CC(C)=C[SiH2]N(CCCCCC[Si](C)(Cl)Cl)[SiH2]C=C(C)C. The van der Waals surface area contributed by atoms with Gasteiger partial charge in [-0.05, 0) is 53.3 Å². The zero-order valence-electron chi connectivity index (χ0n) is 14.5. The van der Waals surface area contributed by atoms with Gasteiger partial charge in [-0.1, -0.05) is 41.8 Å². The Morgan fingerprint density at radius 2 is 1.38 bits per heavy atom. The number of hydrogen-bond donors (Lipinski definition) is 0. The molecular formula is C15H33Cl2NSi3. The lowest BCUT2D eigenvalue weighted by Gasteiger charge is -2.19. The van der Waals surface area contributed by atoms with Crippen molar-refractivity contribution >= 4 is 48.2 Å². The Labute approximate surface area is 147 Å². The molecule has 0 aliphatic carbocycles. The first-order valence-corrected chi connectivity index (χ1v) is 15.7. The van der Waals surface area contributed by atoms with Crippen LogP contribution in [0.5, 0.6) is 0 Å². The average Bonchev–Trinajstić information content (AvgIpc) is 2.33. The Bertz CT molecular complexity index is 310. The number of unbranched alkanes of at least 4 members (excludes halogenated alkanes) is 3. The summed E-state index contributed by atoms with van der Waals surface area (Å²) in [6.45, 7) is 10.3. The van der Waals surface area contributed by atoms with Crippen LogP contribution in [0.3, 0.4) is 0 Å². The molecule has 0 aliphatic rings. The van der Waals surface area contributed by atoms with Gasteiger partial charge >= 0.3 is 0 Å². The van der Waals surface area contributed by atoms with Crippen LogP contribution in [-0.2, 0) is 0 Å². The molecule has 0 bridgehead atoms. The first-order chi connectivity index (χ1) is 9.70. The van der Waals surface area contributed by atoms with Crippen LogP contribution in [0.1, 0.15) is 53.4 Å². The topological polar surface area (TPSA) is 3.24 Å². The van der Waals surface area contributed by atoms with E-state index in [1.54, 1.807) is 0 Å². The van der Waals surface area contributed by atoms with Crippen molar-refractivity contribution in [1.29, 1.82) is 0 Å². The van der Waals surface area contributed by atoms with Gasteiger partial charge in [-0.3, -0.25) is 0 Å². The Balaban J connectivity index is 3.95. The van der Waals surface area contributed by atoms with E-state index in [1.807, 2.05) is 6.55 Å². The lowest BCUT2D eigenvalue weighted by atomic mass is 10.2. The zero-order chi connectivity index (χ0) is 16.3. The Morgan fingerprint density at radius 3 is 1.81 bits per heavy atom. The summed E-state index contributed by atoms with van der Waals surface area (Å²) in [6, 6.07) is 1.04. The van der Waals surface area contributed by atoms with Crippen molar-refractivity contribution in [3.63, 3.8) is 0 Å². The molecule has 0 aliphatic heterocycles. The minimum absolute atomic E-state index is 0.174. The highest BCUT2D eigenvalue weighted by molar-refractivity contribution is 7.44. The minimum Gasteiger partial charge on any atom is -0.349 e. The molecule has 0 atom stereocenters. The van der Waals surface area contributed by atoms with Crippen molar-refractivity contribution in [3.05, 3.63) is 22.5 Å². The number of nitrogens with zero attached hydrogens (tertiary/aromatic N) is 1. The van der Waals surface area contributed by atoms with Gasteiger partial charge < -0.3 is 4.23 Å². The Morgan fingerprint density at radius 1 is 0.905 bits per heavy atom. The van der Waals surface area contributed by atoms with E-state index in [4.69, 9.17) is 22.2 Å². The molecule has 0 rings (SSSR count). The number of allylic oxidation sites excluding steroid dienone is 2. The highest BCUT2D eigenvalue weighted by atomic mass is 35.7. The molecule has 124 valence electrons. The lowest BCUT2D eigenvalue weighted by molar-refractivity contribution is 0.580. The summed E-state index contributed by atoms with van der Waals surface area (Å²) in [5.41, 5.74) is 7.94. The highest BCUT2D eigenvalue weighted by Gasteiger charge is 2.19. The van der Waals surface area contributed by atoms with Gasteiger partial charge in [-0.15, -0.1) is 22.2 Å². The van der Waals surface area contributed by atoms with E-state index in [9.17, 15) is 0 Å². The van der Waals surface area contributed by atoms with Gasteiger partial charge in [0.2, 0.25) is 6.69 Å². The molecule has 0 fully saturated rings. The van der Waals surface area contributed by atoms with Crippen LogP contribution in [-0.4, -0.2) is 36.8 Å². The molecule has 0 unspecified atom stereocenters. The smallest absolute Gasteiger partial charge is 0.248 e. The molecule has 0 aromatic heterocycles. The summed E-state index contributed by atoms with van der Waals surface area (Å²) in [4.78, 5) is 0. The van der Waals surface area contributed by atoms with Gasteiger partial charge in [-0.25, -0.2) is 0 Å². The van der Waals surface area contributed by atoms with Crippen LogP contribution in [0.2, 0.25) is 12.6 Å². The van der Waals surface area contributed by atoms with Crippen LogP contribution in [0.4, 0.5) is 0 Å². The minimum atomic E-state index is -1.86. The summed E-state index contributed by atoms with van der Waals surface area (Å²) in [5.74, 6) is 0. The third kappa shape index (κ3) is 16.9. The van der Waals surface area contributed by atoms with Crippen molar-refractivity contribution in [2.24, 2.45) is 0 Å². The van der Waals surface area contributed by atoms with E-state index in [0.717, 1.165) is 6.04 Å². The number of rotatable bonds is 11. The van der Waals surface area contributed by atoms with E-state index in [1.165, 1.54) is 43.4 Å².